The molecule has 0 spiro atoms. The Morgan fingerprint density at radius 3 is 3.04 bits per heavy atom. The minimum atomic E-state index is 0.226. The number of furan rings is 1. The van der Waals surface area contributed by atoms with Gasteiger partial charge in [0.15, 0.2) is 0 Å². The predicted octanol–water partition coefficient (Wildman–Crippen LogP) is 5.51. The first kappa shape index (κ1) is 16.4. The van der Waals surface area contributed by atoms with Crippen molar-refractivity contribution in [2.75, 3.05) is 5.32 Å². The second-order valence-corrected chi connectivity index (χ2v) is 8.32. The Labute approximate surface area is 157 Å². The molecule has 0 saturated heterocycles. The molecule has 7 heteroatoms. The smallest absolute Gasteiger partial charge is 0.131 e. The quantitative estimate of drug-likeness (QED) is 0.540. The monoisotopic (exact) mass is 425 g/mol. The number of halogens is 2. The molecule has 0 bridgehead atoms. The van der Waals surface area contributed by atoms with Crippen LogP contribution in [0.25, 0.3) is 10.2 Å². The molecule has 0 aromatic carbocycles. The molecule has 3 aromatic heterocycles. The average molecular weight is 427 g/mol. The molecule has 0 radical (unpaired) electrons. The average Bonchev–Trinajstić information content (AvgIpc) is 3.27. The highest BCUT2D eigenvalue weighted by molar-refractivity contribution is 9.10. The van der Waals surface area contributed by atoms with E-state index in [1.165, 1.54) is 11.3 Å². The number of hydrogen-bond donors (Lipinski definition) is 2. The number of nitrogens with zero attached hydrogens (tertiary/aromatic N) is 1. The highest BCUT2D eigenvalue weighted by Gasteiger charge is 2.30. The fraction of sp³-hybridized carbons (Fsp3) is 0.353. The van der Waals surface area contributed by atoms with Crippen molar-refractivity contribution < 1.29 is 4.42 Å². The Hall–Kier alpha value is -1.08. The number of rotatable bonds is 4. The van der Waals surface area contributed by atoms with E-state index in [1.807, 2.05) is 18.2 Å². The summed E-state index contributed by atoms with van der Waals surface area (Å²) >= 11 is 11.7. The van der Waals surface area contributed by atoms with Gasteiger partial charge in [0.2, 0.25) is 0 Å². The number of fused-ring (bicyclic) bond motifs is 1. The van der Waals surface area contributed by atoms with Crippen LogP contribution in [-0.2, 0) is 6.54 Å². The molecule has 24 heavy (non-hydrogen) atoms. The van der Waals surface area contributed by atoms with Crippen LogP contribution in [0.4, 0.5) is 5.69 Å². The van der Waals surface area contributed by atoms with Gasteiger partial charge in [-0.2, -0.15) is 0 Å². The third kappa shape index (κ3) is 2.96. The summed E-state index contributed by atoms with van der Waals surface area (Å²) in [5, 5.41) is 3.89. The number of nitrogens with one attached hydrogen (secondary N) is 1. The molecule has 1 fully saturated rings. The maximum atomic E-state index is 6.30. The lowest BCUT2D eigenvalue weighted by atomic mass is 10.0. The lowest BCUT2D eigenvalue weighted by Crippen LogP contribution is -2.22. The van der Waals surface area contributed by atoms with Gasteiger partial charge in [-0.05, 0) is 40.9 Å². The molecule has 1 saturated carbocycles. The summed E-state index contributed by atoms with van der Waals surface area (Å²) in [6.45, 7) is 0.607. The molecule has 3 heterocycles. The van der Waals surface area contributed by atoms with Gasteiger partial charge in [0.25, 0.3) is 0 Å². The molecule has 0 aliphatic heterocycles. The van der Waals surface area contributed by atoms with Crippen molar-refractivity contribution in [3.8, 4) is 0 Å². The minimum absolute atomic E-state index is 0.226. The maximum Gasteiger partial charge on any atom is 0.131 e. The van der Waals surface area contributed by atoms with Crippen molar-refractivity contribution in [3.05, 3.63) is 44.7 Å². The van der Waals surface area contributed by atoms with Crippen LogP contribution in [0, 0.1) is 0 Å². The molecule has 2 atom stereocenters. The van der Waals surface area contributed by atoms with Crippen LogP contribution in [0.3, 0.4) is 0 Å². The molecule has 3 N–H and O–H groups in total. The van der Waals surface area contributed by atoms with Gasteiger partial charge in [-0.3, -0.25) is 0 Å². The van der Waals surface area contributed by atoms with E-state index in [2.05, 4.69) is 26.2 Å². The molecule has 126 valence electrons. The zero-order valence-electron chi connectivity index (χ0n) is 12.9. The van der Waals surface area contributed by atoms with Gasteiger partial charge >= 0.3 is 0 Å². The van der Waals surface area contributed by atoms with E-state index >= 15 is 0 Å². The molecule has 1 aliphatic carbocycles. The van der Waals surface area contributed by atoms with E-state index in [-0.39, 0.29) is 6.04 Å². The highest BCUT2D eigenvalue weighted by Crippen LogP contribution is 2.47. The van der Waals surface area contributed by atoms with E-state index in [9.17, 15) is 0 Å². The zero-order chi connectivity index (χ0) is 16.7. The van der Waals surface area contributed by atoms with Crippen molar-refractivity contribution in [2.45, 2.75) is 37.8 Å². The van der Waals surface area contributed by atoms with Gasteiger partial charge < -0.3 is 15.5 Å². The SMILES string of the molecule is N[C@H]1CCC[C@@H]1c1sc2c(NCc3ccco3)cc(Cl)nc2c1Br. The van der Waals surface area contributed by atoms with E-state index in [1.54, 1.807) is 17.6 Å². The Bertz CT molecular complexity index is 864. The highest BCUT2D eigenvalue weighted by atomic mass is 79.9. The van der Waals surface area contributed by atoms with Gasteiger partial charge in [0.05, 0.1) is 33.2 Å². The number of aromatic nitrogens is 1. The zero-order valence-corrected chi connectivity index (χ0v) is 16.0. The number of nitrogens with two attached hydrogens (primary N) is 1. The normalized spacial score (nSPS) is 20.8. The van der Waals surface area contributed by atoms with Crippen LogP contribution in [0.1, 0.15) is 35.8 Å². The second-order valence-electron chi connectivity index (χ2n) is 6.08. The molecule has 4 rings (SSSR count). The summed E-state index contributed by atoms with van der Waals surface area (Å²) in [6, 6.07) is 5.92. The summed E-state index contributed by atoms with van der Waals surface area (Å²) < 4.78 is 7.53. The summed E-state index contributed by atoms with van der Waals surface area (Å²) in [7, 11) is 0. The Kier molecular flexibility index (Phi) is 4.56. The largest absolute Gasteiger partial charge is 0.467 e. The van der Waals surface area contributed by atoms with E-state index in [0.29, 0.717) is 17.6 Å². The summed E-state index contributed by atoms with van der Waals surface area (Å²) in [6.07, 6.45) is 5.08. The molecule has 3 aromatic rings. The summed E-state index contributed by atoms with van der Waals surface area (Å²) in [5.41, 5.74) is 8.19. The Morgan fingerprint density at radius 1 is 1.46 bits per heavy atom. The van der Waals surface area contributed by atoms with Gasteiger partial charge in [-0.1, -0.05) is 18.0 Å². The van der Waals surface area contributed by atoms with Crippen molar-refractivity contribution in [3.63, 3.8) is 0 Å². The first-order chi connectivity index (χ1) is 11.6. The predicted molar refractivity (Wildman–Crippen MR) is 103 cm³/mol. The van der Waals surface area contributed by atoms with Gasteiger partial charge in [0, 0.05) is 22.9 Å². The Morgan fingerprint density at radius 2 is 2.33 bits per heavy atom. The standard InChI is InChI=1S/C17H17BrClN3OS/c18-14-15-17(24-16(14)10-4-1-5-11(10)20)12(7-13(19)22-15)21-8-9-3-2-6-23-9/h2-3,6-7,10-11H,1,4-5,8,20H2,(H,21,22)/t10-,11-/m0/s1. The lowest BCUT2D eigenvalue weighted by Gasteiger charge is -2.13. The van der Waals surface area contributed by atoms with Gasteiger partial charge in [-0.25, -0.2) is 4.98 Å². The van der Waals surface area contributed by atoms with E-state index in [4.69, 9.17) is 21.8 Å². The number of thiophene rings is 1. The first-order valence-corrected chi connectivity index (χ1v) is 9.92. The molecular formula is C17H17BrClN3OS. The van der Waals surface area contributed by atoms with Crippen LogP contribution >= 0.6 is 38.9 Å². The topological polar surface area (TPSA) is 64.1 Å². The summed E-state index contributed by atoms with van der Waals surface area (Å²) in [5.74, 6) is 1.28. The van der Waals surface area contributed by atoms with Crippen LogP contribution in [0.2, 0.25) is 5.15 Å². The fourth-order valence-corrected chi connectivity index (χ4v) is 5.79. The van der Waals surface area contributed by atoms with Crippen LogP contribution in [0.5, 0.6) is 0 Å². The van der Waals surface area contributed by atoms with Crippen LogP contribution in [-0.4, -0.2) is 11.0 Å². The molecule has 4 nitrogen and oxygen atoms in total. The first-order valence-electron chi connectivity index (χ1n) is 7.93. The maximum absolute atomic E-state index is 6.30. The number of pyridine rings is 1. The van der Waals surface area contributed by atoms with Crippen LogP contribution < -0.4 is 11.1 Å². The van der Waals surface area contributed by atoms with Crippen molar-refractivity contribution >= 4 is 54.8 Å². The molecule has 0 unspecified atom stereocenters. The number of anilines is 1. The molecule has 0 amide bonds. The minimum Gasteiger partial charge on any atom is -0.467 e. The molecular weight excluding hydrogens is 410 g/mol. The summed E-state index contributed by atoms with van der Waals surface area (Å²) in [4.78, 5) is 5.81. The van der Waals surface area contributed by atoms with E-state index < -0.39 is 0 Å². The number of hydrogen-bond acceptors (Lipinski definition) is 5. The van der Waals surface area contributed by atoms with Crippen molar-refractivity contribution in [2.24, 2.45) is 5.73 Å². The van der Waals surface area contributed by atoms with Crippen molar-refractivity contribution in [1.29, 1.82) is 0 Å². The van der Waals surface area contributed by atoms with Crippen LogP contribution in [0.15, 0.2) is 33.4 Å². The third-order valence-corrected chi connectivity index (χ3v) is 7.12. The Balaban J connectivity index is 1.73. The fourth-order valence-electron chi connectivity index (χ4n) is 3.31. The van der Waals surface area contributed by atoms with Gasteiger partial charge in [-0.15, -0.1) is 11.3 Å². The third-order valence-electron chi connectivity index (χ3n) is 4.52. The van der Waals surface area contributed by atoms with E-state index in [0.717, 1.165) is 39.0 Å². The molecule has 1 aliphatic rings. The van der Waals surface area contributed by atoms with Gasteiger partial charge in [0.1, 0.15) is 10.9 Å². The second kappa shape index (κ2) is 6.67. The lowest BCUT2D eigenvalue weighted by molar-refractivity contribution is 0.518. The van der Waals surface area contributed by atoms with Crippen molar-refractivity contribution in [1.82, 2.24) is 4.98 Å².